The second-order valence-electron chi connectivity index (χ2n) is 4.93. The van der Waals surface area contributed by atoms with Crippen LogP contribution < -0.4 is 0 Å². The van der Waals surface area contributed by atoms with Gasteiger partial charge in [-0.3, -0.25) is 4.79 Å². The molecular weight excluding hydrogens is 196 g/mol. The number of hydrogen-bond acceptors (Lipinski definition) is 1. The Morgan fingerprint density at radius 3 is 2.19 bits per heavy atom. The lowest BCUT2D eigenvalue weighted by Crippen LogP contribution is -2.00. The summed E-state index contributed by atoms with van der Waals surface area (Å²) in [5, 5.41) is 0. The van der Waals surface area contributed by atoms with Gasteiger partial charge in [-0.15, -0.1) is 0 Å². The van der Waals surface area contributed by atoms with E-state index in [2.05, 4.69) is 34.3 Å². The highest BCUT2D eigenvalue weighted by molar-refractivity contribution is 5.93. The Labute approximate surface area is 99.9 Å². The van der Waals surface area contributed by atoms with Crippen molar-refractivity contribution in [2.45, 2.75) is 41.0 Å². The lowest BCUT2D eigenvalue weighted by atomic mass is 9.99. The maximum atomic E-state index is 11.4. The van der Waals surface area contributed by atoms with Gasteiger partial charge in [0.25, 0.3) is 0 Å². The minimum absolute atomic E-state index is 0.161. The molecule has 0 amide bonds. The molecule has 0 rings (SSSR count). The zero-order valence-corrected chi connectivity index (χ0v) is 11.2. The molecule has 16 heavy (non-hydrogen) atoms. The topological polar surface area (TPSA) is 17.1 Å². The van der Waals surface area contributed by atoms with Gasteiger partial charge in [0.2, 0.25) is 0 Å². The molecule has 0 aliphatic rings. The third-order valence-electron chi connectivity index (χ3n) is 2.43. The number of carbonyl (C=O) groups excluding carboxylic acids is 1. The van der Waals surface area contributed by atoms with Crippen LogP contribution in [0.15, 0.2) is 36.0 Å². The molecule has 0 spiro atoms. The fraction of sp³-hybridized carbons (Fsp3) is 0.533. The van der Waals surface area contributed by atoms with E-state index in [1.807, 2.05) is 18.2 Å². The van der Waals surface area contributed by atoms with Gasteiger partial charge >= 0.3 is 0 Å². The predicted molar refractivity (Wildman–Crippen MR) is 71.3 cm³/mol. The second-order valence-corrected chi connectivity index (χ2v) is 4.93. The Kier molecular flexibility index (Phi) is 6.71. The highest BCUT2D eigenvalue weighted by Gasteiger charge is 2.04. The third kappa shape index (κ3) is 6.39. The van der Waals surface area contributed by atoms with Crippen molar-refractivity contribution >= 4 is 5.78 Å². The molecule has 1 nitrogen and oxygen atoms in total. The molecule has 1 heteroatoms. The van der Waals surface area contributed by atoms with Gasteiger partial charge in [-0.05, 0) is 30.8 Å². The monoisotopic (exact) mass is 220 g/mol. The van der Waals surface area contributed by atoms with Gasteiger partial charge in [-0.25, -0.2) is 0 Å². The highest BCUT2D eigenvalue weighted by Crippen LogP contribution is 2.13. The summed E-state index contributed by atoms with van der Waals surface area (Å²) in [6, 6.07) is 0. The third-order valence-corrected chi connectivity index (χ3v) is 2.43. The molecule has 0 aliphatic carbocycles. The van der Waals surface area contributed by atoms with Crippen molar-refractivity contribution in [3.63, 3.8) is 0 Å². The van der Waals surface area contributed by atoms with Crippen molar-refractivity contribution in [3.8, 4) is 0 Å². The number of ketones is 1. The minimum Gasteiger partial charge on any atom is -0.295 e. The molecule has 0 atom stereocenters. The Balaban J connectivity index is 4.57. The molecule has 0 unspecified atom stereocenters. The Bertz CT molecular complexity index is 303. The molecule has 0 radical (unpaired) electrons. The molecule has 0 saturated carbocycles. The number of allylic oxidation sites excluding steroid dienone is 5. The summed E-state index contributed by atoms with van der Waals surface area (Å²) < 4.78 is 0. The van der Waals surface area contributed by atoms with E-state index in [0.717, 1.165) is 17.6 Å². The Hall–Kier alpha value is -1.11. The molecule has 0 bridgehead atoms. The van der Waals surface area contributed by atoms with Crippen LogP contribution in [0.3, 0.4) is 0 Å². The normalized spacial score (nSPS) is 12.8. The number of Topliss-reactive ketones (excluding diaryl/α,β-unsaturated/α-hetero) is 1. The van der Waals surface area contributed by atoms with Crippen LogP contribution in [-0.2, 0) is 4.79 Å². The maximum absolute atomic E-state index is 11.4. The van der Waals surface area contributed by atoms with Gasteiger partial charge in [-0.1, -0.05) is 58.1 Å². The largest absolute Gasteiger partial charge is 0.295 e. The molecule has 0 aromatic rings. The smallest absolute Gasteiger partial charge is 0.155 e. The average Bonchev–Trinajstić information content (AvgIpc) is 2.14. The summed E-state index contributed by atoms with van der Waals surface area (Å²) in [6.45, 7) is 14.0. The first kappa shape index (κ1) is 14.9. The number of carbonyl (C=O) groups is 1. The molecule has 0 fully saturated rings. The molecule has 0 aliphatic heterocycles. The highest BCUT2D eigenvalue weighted by atomic mass is 16.1. The lowest BCUT2D eigenvalue weighted by molar-refractivity contribution is -0.113. The Morgan fingerprint density at radius 2 is 1.81 bits per heavy atom. The van der Waals surface area contributed by atoms with Gasteiger partial charge in [0, 0.05) is 0 Å². The zero-order chi connectivity index (χ0) is 12.7. The van der Waals surface area contributed by atoms with Crippen molar-refractivity contribution in [1.29, 1.82) is 0 Å². The number of rotatable bonds is 6. The van der Waals surface area contributed by atoms with Crippen molar-refractivity contribution in [2.24, 2.45) is 11.8 Å². The summed E-state index contributed by atoms with van der Waals surface area (Å²) in [6.07, 6.45) is 6.67. The SMILES string of the molecule is C=C(/C=C\C=C(/CC(C)C)C(C)=O)C(C)C. The van der Waals surface area contributed by atoms with E-state index >= 15 is 0 Å². The van der Waals surface area contributed by atoms with Gasteiger partial charge in [-0.2, -0.15) is 0 Å². The molecule has 90 valence electrons. The van der Waals surface area contributed by atoms with Crippen LogP contribution in [0.4, 0.5) is 0 Å². The second kappa shape index (κ2) is 7.21. The Morgan fingerprint density at radius 1 is 1.25 bits per heavy atom. The molecule has 0 aromatic heterocycles. The average molecular weight is 220 g/mol. The summed E-state index contributed by atoms with van der Waals surface area (Å²) in [4.78, 5) is 11.4. The molecular formula is C15H24O. The van der Waals surface area contributed by atoms with E-state index in [4.69, 9.17) is 0 Å². The van der Waals surface area contributed by atoms with Gasteiger partial charge in [0.1, 0.15) is 0 Å². The van der Waals surface area contributed by atoms with Crippen molar-refractivity contribution in [3.05, 3.63) is 36.0 Å². The predicted octanol–water partition coefficient (Wildman–Crippen LogP) is 4.32. The van der Waals surface area contributed by atoms with E-state index in [9.17, 15) is 4.79 Å². The molecule has 0 aromatic carbocycles. The first-order valence-electron chi connectivity index (χ1n) is 5.91. The van der Waals surface area contributed by atoms with Crippen LogP contribution in [0.1, 0.15) is 41.0 Å². The fourth-order valence-corrected chi connectivity index (χ4v) is 1.25. The van der Waals surface area contributed by atoms with E-state index < -0.39 is 0 Å². The lowest BCUT2D eigenvalue weighted by Gasteiger charge is -2.06. The fourth-order valence-electron chi connectivity index (χ4n) is 1.25. The number of hydrogen-bond donors (Lipinski definition) is 0. The molecule has 0 N–H and O–H groups in total. The summed E-state index contributed by atoms with van der Waals surface area (Å²) in [5.41, 5.74) is 1.98. The van der Waals surface area contributed by atoms with Crippen LogP contribution in [0.2, 0.25) is 0 Å². The summed E-state index contributed by atoms with van der Waals surface area (Å²) in [5.74, 6) is 1.13. The van der Waals surface area contributed by atoms with Crippen LogP contribution in [0.5, 0.6) is 0 Å². The van der Waals surface area contributed by atoms with Crippen LogP contribution in [0, 0.1) is 11.8 Å². The first-order valence-corrected chi connectivity index (χ1v) is 5.91. The minimum atomic E-state index is 0.161. The van der Waals surface area contributed by atoms with Crippen LogP contribution >= 0.6 is 0 Å². The first-order chi connectivity index (χ1) is 7.34. The van der Waals surface area contributed by atoms with Gasteiger partial charge in [0.05, 0.1) is 0 Å². The maximum Gasteiger partial charge on any atom is 0.155 e. The molecule has 0 saturated heterocycles. The van der Waals surface area contributed by atoms with Gasteiger partial charge in [0.15, 0.2) is 5.78 Å². The quantitative estimate of drug-likeness (QED) is 0.481. The summed E-state index contributed by atoms with van der Waals surface area (Å²) in [7, 11) is 0. The van der Waals surface area contributed by atoms with E-state index in [1.54, 1.807) is 6.92 Å². The zero-order valence-electron chi connectivity index (χ0n) is 11.2. The van der Waals surface area contributed by atoms with Crippen LogP contribution in [0.25, 0.3) is 0 Å². The van der Waals surface area contributed by atoms with E-state index in [-0.39, 0.29) is 5.78 Å². The van der Waals surface area contributed by atoms with Crippen LogP contribution in [-0.4, -0.2) is 5.78 Å². The molecule has 0 heterocycles. The van der Waals surface area contributed by atoms with Crippen molar-refractivity contribution in [2.75, 3.05) is 0 Å². The summed E-state index contributed by atoms with van der Waals surface area (Å²) >= 11 is 0. The van der Waals surface area contributed by atoms with E-state index in [0.29, 0.717) is 11.8 Å². The van der Waals surface area contributed by atoms with Crippen molar-refractivity contribution in [1.82, 2.24) is 0 Å². The van der Waals surface area contributed by atoms with Crippen molar-refractivity contribution < 1.29 is 4.79 Å². The standard InChI is InChI=1S/C15H24O/c1-11(2)10-15(14(6)16)9-7-8-13(5)12(3)4/h7-9,11-12H,5,10H2,1-4,6H3/b8-7-,15-9+. The van der Waals surface area contributed by atoms with Gasteiger partial charge < -0.3 is 0 Å². The van der Waals surface area contributed by atoms with E-state index in [1.165, 1.54) is 0 Å².